The maximum atomic E-state index is 11.0. The third-order valence-corrected chi connectivity index (χ3v) is 4.00. The van der Waals surface area contributed by atoms with E-state index in [1.807, 2.05) is 18.2 Å². The molecule has 112 valence electrons. The lowest BCUT2D eigenvalue weighted by molar-refractivity contribution is -0.385. The number of nitro groups is 1. The van der Waals surface area contributed by atoms with Gasteiger partial charge in [-0.2, -0.15) is 0 Å². The van der Waals surface area contributed by atoms with Gasteiger partial charge in [-0.15, -0.1) is 0 Å². The van der Waals surface area contributed by atoms with Crippen molar-refractivity contribution in [2.24, 2.45) is 0 Å². The summed E-state index contributed by atoms with van der Waals surface area (Å²) in [5.41, 5.74) is 3.63. The predicted octanol–water partition coefficient (Wildman–Crippen LogP) is 3.67. The fraction of sp³-hybridized carbons (Fsp3) is 0.222. The van der Waals surface area contributed by atoms with Crippen molar-refractivity contribution < 1.29 is 4.92 Å². The second-order valence-electron chi connectivity index (χ2n) is 5.47. The monoisotopic (exact) mass is 294 g/mol. The van der Waals surface area contributed by atoms with Crippen molar-refractivity contribution in [3.63, 3.8) is 0 Å². The standard InChI is InChI=1S/C18H18N2O2/c21-20(22)18-10-4-3-7-16(18)9-5-12-19-13-11-15-6-1-2-8-17(15)14-19/h1-10H,11-14H2. The van der Waals surface area contributed by atoms with Crippen LogP contribution in [-0.2, 0) is 13.0 Å². The largest absolute Gasteiger partial charge is 0.295 e. The molecule has 0 saturated carbocycles. The summed E-state index contributed by atoms with van der Waals surface area (Å²) < 4.78 is 0. The molecule has 0 atom stereocenters. The van der Waals surface area contributed by atoms with Gasteiger partial charge in [-0.25, -0.2) is 0 Å². The molecule has 1 aliphatic rings. The Morgan fingerprint density at radius 2 is 1.82 bits per heavy atom. The smallest absolute Gasteiger partial charge is 0.276 e. The molecule has 0 spiro atoms. The summed E-state index contributed by atoms with van der Waals surface area (Å²) >= 11 is 0. The maximum absolute atomic E-state index is 11.0. The lowest BCUT2D eigenvalue weighted by Crippen LogP contribution is -2.30. The first-order chi connectivity index (χ1) is 10.7. The molecule has 2 aromatic carbocycles. The molecule has 0 amide bonds. The van der Waals surface area contributed by atoms with Crippen molar-refractivity contribution >= 4 is 11.8 Å². The zero-order valence-corrected chi connectivity index (χ0v) is 12.3. The van der Waals surface area contributed by atoms with Crippen molar-refractivity contribution in [2.45, 2.75) is 13.0 Å². The van der Waals surface area contributed by atoms with Crippen LogP contribution in [0.3, 0.4) is 0 Å². The minimum absolute atomic E-state index is 0.155. The number of benzene rings is 2. The van der Waals surface area contributed by atoms with Crippen LogP contribution in [0.15, 0.2) is 54.6 Å². The van der Waals surface area contributed by atoms with E-state index in [-0.39, 0.29) is 10.6 Å². The Balaban J connectivity index is 1.65. The van der Waals surface area contributed by atoms with Gasteiger partial charge >= 0.3 is 0 Å². The van der Waals surface area contributed by atoms with Crippen molar-refractivity contribution in [1.29, 1.82) is 0 Å². The van der Waals surface area contributed by atoms with Gasteiger partial charge in [0.15, 0.2) is 0 Å². The second-order valence-corrected chi connectivity index (χ2v) is 5.47. The van der Waals surface area contributed by atoms with Crippen molar-refractivity contribution in [3.05, 3.63) is 81.4 Å². The van der Waals surface area contributed by atoms with Crippen LogP contribution in [0, 0.1) is 10.1 Å². The third kappa shape index (κ3) is 3.23. The van der Waals surface area contributed by atoms with Gasteiger partial charge in [-0.1, -0.05) is 48.6 Å². The van der Waals surface area contributed by atoms with Crippen LogP contribution in [0.4, 0.5) is 5.69 Å². The molecule has 1 aliphatic heterocycles. The van der Waals surface area contributed by atoms with Gasteiger partial charge < -0.3 is 0 Å². The summed E-state index contributed by atoms with van der Waals surface area (Å²) in [7, 11) is 0. The Kier molecular flexibility index (Phi) is 4.30. The number of rotatable bonds is 4. The van der Waals surface area contributed by atoms with Gasteiger partial charge in [-0.05, 0) is 23.6 Å². The van der Waals surface area contributed by atoms with E-state index >= 15 is 0 Å². The molecule has 22 heavy (non-hydrogen) atoms. The minimum atomic E-state index is -0.336. The molecule has 4 heteroatoms. The van der Waals surface area contributed by atoms with Crippen molar-refractivity contribution in [2.75, 3.05) is 13.1 Å². The number of para-hydroxylation sites is 1. The van der Waals surface area contributed by atoms with Crippen LogP contribution >= 0.6 is 0 Å². The molecular formula is C18H18N2O2. The average molecular weight is 294 g/mol. The third-order valence-electron chi connectivity index (χ3n) is 4.00. The van der Waals surface area contributed by atoms with Crippen LogP contribution in [0.5, 0.6) is 0 Å². The van der Waals surface area contributed by atoms with Gasteiger partial charge in [0.2, 0.25) is 0 Å². The molecule has 0 aliphatic carbocycles. The summed E-state index contributed by atoms with van der Waals surface area (Å²) in [5.74, 6) is 0. The molecule has 0 radical (unpaired) electrons. The van der Waals surface area contributed by atoms with Gasteiger partial charge in [0.1, 0.15) is 0 Å². The fourth-order valence-electron chi connectivity index (χ4n) is 2.83. The first-order valence-corrected chi connectivity index (χ1v) is 7.43. The van der Waals surface area contributed by atoms with E-state index in [4.69, 9.17) is 0 Å². The average Bonchev–Trinajstić information content (AvgIpc) is 2.55. The highest BCUT2D eigenvalue weighted by molar-refractivity contribution is 5.60. The Bertz CT molecular complexity index is 710. The summed E-state index contributed by atoms with van der Waals surface area (Å²) in [6.07, 6.45) is 4.92. The highest BCUT2D eigenvalue weighted by Gasteiger charge is 2.14. The van der Waals surface area contributed by atoms with Gasteiger partial charge in [0.05, 0.1) is 10.5 Å². The SMILES string of the molecule is O=[N+]([O-])c1ccccc1C=CCN1CCc2ccccc2C1. The zero-order valence-electron chi connectivity index (χ0n) is 12.3. The highest BCUT2D eigenvalue weighted by atomic mass is 16.6. The lowest BCUT2D eigenvalue weighted by atomic mass is 10.00. The summed E-state index contributed by atoms with van der Waals surface area (Å²) in [5, 5.41) is 11.0. The molecule has 2 aromatic rings. The zero-order chi connectivity index (χ0) is 15.4. The molecule has 0 saturated heterocycles. The number of hydrogen-bond donors (Lipinski definition) is 0. The number of nitro benzene ring substituents is 1. The minimum Gasteiger partial charge on any atom is -0.295 e. The molecule has 1 heterocycles. The molecule has 0 aromatic heterocycles. The maximum Gasteiger partial charge on any atom is 0.276 e. The normalized spacial score (nSPS) is 14.9. The molecule has 0 N–H and O–H groups in total. The summed E-state index contributed by atoms with van der Waals surface area (Å²) in [4.78, 5) is 13.0. The molecule has 0 fully saturated rings. The van der Waals surface area contributed by atoms with Crippen LogP contribution in [0.2, 0.25) is 0 Å². The van der Waals surface area contributed by atoms with E-state index in [1.165, 1.54) is 17.2 Å². The van der Waals surface area contributed by atoms with E-state index < -0.39 is 0 Å². The number of nitrogens with zero attached hydrogens (tertiary/aromatic N) is 2. The first-order valence-electron chi connectivity index (χ1n) is 7.43. The predicted molar refractivity (Wildman–Crippen MR) is 87.6 cm³/mol. The fourth-order valence-corrected chi connectivity index (χ4v) is 2.83. The Labute approximate surface area is 129 Å². The molecule has 0 unspecified atom stereocenters. The van der Waals surface area contributed by atoms with E-state index in [1.54, 1.807) is 12.1 Å². The highest BCUT2D eigenvalue weighted by Crippen LogP contribution is 2.20. The lowest BCUT2D eigenvalue weighted by Gasteiger charge is -2.27. The Morgan fingerprint density at radius 3 is 2.64 bits per heavy atom. The molecule has 4 nitrogen and oxygen atoms in total. The van der Waals surface area contributed by atoms with Crippen LogP contribution in [0.25, 0.3) is 6.08 Å². The molecule has 0 bridgehead atoms. The van der Waals surface area contributed by atoms with Gasteiger partial charge in [0.25, 0.3) is 5.69 Å². The quantitative estimate of drug-likeness (QED) is 0.638. The number of hydrogen-bond acceptors (Lipinski definition) is 3. The van der Waals surface area contributed by atoms with E-state index in [9.17, 15) is 10.1 Å². The van der Waals surface area contributed by atoms with Gasteiger partial charge in [-0.3, -0.25) is 15.0 Å². The number of fused-ring (bicyclic) bond motifs is 1. The van der Waals surface area contributed by atoms with E-state index in [2.05, 4.69) is 29.2 Å². The van der Waals surface area contributed by atoms with E-state index in [0.717, 1.165) is 26.1 Å². The van der Waals surface area contributed by atoms with Crippen LogP contribution in [0.1, 0.15) is 16.7 Å². The Hall–Kier alpha value is -2.46. The van der Waals surface area contributed by atoms with E-state index in [0.29, 0.717) is 5.56 Å². The summed E-state index contributed by atoms with van der Waals surface area (Å²) in [6.45, 7) is 2.77. The molecular weight excluding hydrogens is 276 g/mol. The van der Waals surface area contributed by atoms with Gasteiger partial charge in [0, 0.05) is 25.7 Å². The van der Waals surface area contributed by atoms with Crippen molar-refractivity contribution in [1.82, 2.24) is 4.90 Å². The van der Waals surface area contributed by atoms with Crippen LogP contribution < -0.4 is 0 Å². The van der Waals surface area contributed by atoms with Crippen LogP contribution in [-0.4, -0.2) is 22.9 Å². The topological polar surface area (TPSA) is 46.4 Å². The summed E-state index contributed by atoms with van der Waals surface area (Å²) in [6, 6.07) is 15.4. The Morgan fingerprint density at radius 1 is 1.09 bits per heavy atom. The molecule has 3 rings (SSSR count). The van der Waals surface area contributed by atoms with Crippen molar-refractivity contribution in [3.8, 4) is 0 Å². The first kappa shape index (κ1) is 14.5. The second kappa shape index (κ2) is 6.54.